The number of rotatable bonds is 5. The average Bonchev–Trinajstić information content (AvgIpc) is 2.26. The van der Waals surface area contributed by atoms with Gasteiger partial charge in [-0.3, -0.25) is 4.79 Å². The minimum absolute atomic E-state index is 0.335. The third-order valence-corrected chi connectivity index (χ3v) is 3.04. The Morgan fingerprint density at radius 2 is 1.86 bits per heavy atom. The smallest absolute Gasteiger partial charge is 0.135 e. The Hall–Kier alpha value is -0.370. The van der Waals surface area contributed by atoms with Gasteiger partial charge in [-0.05, 0) is 32.1 Å². The highest BCUT2D eigenvalue weighted by atomic mass is 16.5. The van der Waals surface area contributed by atoms with Gasteiger partial charge in [-0.15, -0.1) is 0 Å². The molecule has 2 heteroatoms. The van der Waals surface area contributed by atoms with Crippen LogP contribution in [0.2, 0.25) is 0 Å². The SMILES string of the molecule is CCCOC1CCC(C(=O)CC)CC1. The first-order chi connectivity index (χ1) is 6.77. The van der Waals surface area contributed by atoms with Gasteiger partial charge >= 0.3 is 0 Å². The lowest BCUT2D eigenvalue weighted by molar-refractivity contribution is -0.124. The predicted octanol–water partition coefficient (Wildman–Crippen LogP) is 2.95. The van der Waals surface area contributed by atoms with Crippen LogP contribution in [0.5, 0.6) is 0 Å². The third-order valence-electron chi connectivity index (χ3n) is 3.04. The molecule has 0 aromatic carbocycles. The van der Waals surface area contributed by atoms with Crippen molar-refractivity contribution in [3.63, 3.8) is 0 Å². The lowest BCUT2D eigenvalue weighted by atomic mass is 9.84. The standard InChI is InChI=1S/C12H22O2/c1-3-9-14-11-7-5-10(6-8-11)12(13)4-2/h10-11H,3-9H2,1-2H3. The molecule has 0 amide bonds. The van der Waals surface area contributed by atoms with E-state index in [1.54, 1.807) is 0 Å². The quantitative estimate of drug-likeness (QED) is 0.679. The van der Waals surface area contributed by atoms with Gasteiger partial charge in [0.25, 0.3) is 0 Å². The minimum Gasteiger partial charge on any atom is -0.378 e. The van der Waals surface area contributed by atoms with E-state index in [2.05, 4.69) is 6.92 Å². The summed E-state index contributed by atoms with van der Waals surface area (Å²) in [6, 6.07) is 0. The van der Waals surface area contributed by atoms with Crippen LogP contribution in [0.4, 0.5) is 0 Å². The van der Waals surface area contributed by atoms with Crippen molar-refractivity contribution in [2.24, 2.45) is 5.92 Å². The molecule has 1 aliphatic carbocycles. The summed E-state index contributed by atoms with van der Waals surface area (Å²) in [5.74, 6) is 0.778. The molecular formula is C12H22O2. The molecule has 1 saturated carbocycles. The van der Waals surface area contributed by atoms with Crippen molar-refractivity contribution >= 4 is 5.78 Å². The molecule has 0 saturated heterocycles. The predicted molar refractivity (Wildman–Crippen MR) is 57.3 cm³/mol. The van der Waals surface area contributed by atoms with Gasteiger partial charge in [0.2, 0.25) is 0 Å². The van der Waals surface area contributed by atoms with Crippen LogP contribution in [0, 0.1) is 5.92 Å². The molecule has 0 N–H and O–H groups in total. The number of carbonyl (C=O) groups excluding carboxylic acids is 1. The van der Waals surface area contributed by atoms with Crippen LogP contribution in [0.3, 0.4) is 0 Å². The summed E-state index contributed by atoms with van der Waals surface area (Å²) in [5.41, 5.74) is 0. The van der Waals surface area contributed by atoms with Gasteiger partial charge in [0.15, 0.2) is 0 Å². The number of hydrogen-bond donors (Lipinski definition) is 0. The largest absolute Gasteiger partial charge is 0.378 e. The molecule has 1 rings (SSSR count). The zero-order chi connectivity index (χ0) is 10.4. The van der Waals surface area contributed by atoms with Crippen molar-refractivity contribution in [3.05, 3.63) is 0 Å². The van der Waals surface area contributed by atoms with E-state index in [1.165, 1.54) is 0 Å². The van der Waals surface area contributed by atoms with E-state index in [0.29, 0.717) is 24.2 Å². The molecule has 0 bridgehead atoms. The van der Waals surface area contributed by atoms with Gasteiger partial charge in [0.05, 0.1) is 6.10 Å². The zero-order valence-corrected chi connectivity index (χ0v) is 9.42. The highest BCUT2D eigenvalue weighted by Crippen LogP contribution is 2.27. The van der Waals surface area contributed by atoms with Crippen molar-refractivity contribution in [2.45, 2.75) is 58.5 Å². The van der Waals surface area contributed by atoms with Crippen LogP contribution in [-0.4, -0.2) is 18.5 Å². The van der Waals surface area contributed by atoms with Crippen molar-refractivity contribution in [3.8, 4) is 0 Å². The van der Waals surface area contributed by atoms with Crippen LogP contribution >= 0.6 is 0 Å². The summed E-state index contributed by atoms with van der Waals surface area (Å²) >= 11 is 0. The number of ketones is 1. The van der Waals surface area contributed by atoms with E-state index in [0.717, 1.165) is 38.7 Å². The molecule has 0 aromatic heterocycles. The maximum Gasteiger partial charge on any atom is 0.135 e. The fraction of sp³-hybridized carbons (Fsp3) is 0.917. The van der Waals surface area contributed by atoms with E-state index in [4.69, 9.17) is 4.74 Å². The van der Waals surface area contributed by atoms with Gasteiger partial charge in [0.1, 0.15) is 5.78 Å². The summed E-state index contributed by atoms with van der Waals surface area (Å²) in [6.45, 7) is 4.96. The molecule has 1 aliphatic rings. The molecule has 0 spiro atoms. The highest BCUT2D eigenvalue weighted by Gasteiger charge is 2.25. The average molecular weight is 198 g/mol. The Bertz CT molecular complexity index is 169. The summed E-state index contributed by atoms with van der Waals surface area (Å²) < 4.78 is 5.68. The maximum absolute atomic E-state index is 11.4. The normalized spacial score (nSPS) is 27.6. The third kappa shape index (κ3) is 3.41. The molecule has 82 valence electrons. The zero-order valence-electron chi connectivity index (χ0n) is 9.42. The lowest BCUT2D eigenvalue weighted by Gasteiger charge is -2.27. The van der Waals surface area contributed by atoms with E-state index in [-0.39, 0.29) is 0 Å². The van der Waals surface area contributed by atoms with Crippen LogP contribution in [0.25, 0.3) is 0 Å². The number of carbonyl (C=O) groups is 1. The summed E-state index contributed by atoms with van der Waals surface area (Å²) in [5, 5.41) is 0. The Kier molecular flexibility index (Phi) is 5.16. The molecule has 2 nitrogen and oxygen atoms in total. The molecule has 0 unspecified atom stereocenters. The molecule has 0 radical (unpaired) electrons. The number of ether oxygens (including phenoxy) is 1. The van der Waals surface area contributed by atoms with Crippen LogP contribution in [0.1, 0.15) is 52.4 Å². The van der Waals surface area contributed by atoms with Gasteiger partial charge in [-0.2, -0.15) is 0 Å². The van der Waals surface area contributed by atoms with Gasteiger partial charge in [-0.25, -0.2) is 0 Å². The molecule has 1 fully saturated rings. The van der Waals surface area contributed by atoms with E-state index >= 15 is 0 Å². The van der Waals surface area contributed by atoms with E-state index in [9.17, 15) is 4.79 Å². The highest BCUT2D eigenvalue weighted by molar-refractivity contribution is 5.80. The van der Waals surface area contributed by atoms with Gasteiger partial charge in [0, 0.05) is 18.9 Å². The van der Waals surface area contributed by atoms with Crippen LogP contribution in [-0.2, 0) is 9.53 Å². The lowest BCUT2D eigenvalue weighted by Crippen LogP contribution is -2.26. The van der Waals surface area contributed by atoms with Gasteiger partial charge in [-0.1, -0.05) is 13.8 Å². The first-order valence-electron chi connectivity index (χ1n) is 5.92. The number of Topliss-reactive ketones (excluding diaryl/α,β-unsaturated/α-hetero) is 1. The fourth-order valence-electron chi connectivity index (χ4n) is 2.12. The molecular weight excluding hydrogens is 176 g/mol. The first kappa shape index (κ1) is 11.7. The molecule has 14 heavy (non-hydrogen) atoms. The summed E-state index contributed by atoms with van der Waals surface area (Å²) in [4.78, 5) is 11.4. The monoisotopic (exact) mass is 198 g/mol. The van der Waals surface area contributed by atoms with Gasteiger partial charge < -0.3 is 4.74 Å². The maximum atomic E-state index is 11.4. The second-order valence-electron chi connectivity index (χ2n) is 4.16. The minimum atomic E-state index is 0.335. The fourth-order valence-corrected chi connectivity index (χ4v) is 2.12. The topological polar surface area (TPSA) is 26.3 Å². The molecule has 0 aliphatic heterocycles. The van der Waals surface area contributed by atoms with E-state index < -0.39 is 0 Å². The van der Waals surface area contributed by atoms with Crippen molar-refractivity contribution < 1.29 is 9.53 Å². The van der Waals surface area contributed by atoms with Crippen molar-refractivity contribution in [2.75, 3.05) is 6.61 Å². The molecule has 0 heterocycles. The second kappa shape index (κ2) is 6.18. The van der Waals surface area contributed by atoms with Crippen LogP contribution in [0.15, 0.2) is 0 Å². The van der Waals surface area contributed by atoms with Crippen molar-refractivity contribution in [1.82, 2.24) is 0 Å². The first-order valence-corrected chi connectivity index (χ1v) is 5.92. The summed E-state index contributed by atoms with van der Waals surface area (Å²) in [6.07, 6.45) is 6.46. The van der Waals surface area contributed by atoms with Crippen molar-refractivity contribution in [1.29, 1.82) is 0 Å². The Balaban J connectivity index is 2.20. The van der Waals surface area contributed by atoms with Crippen LogP contribution < -0.4 is 0 Å². The Morgan fingerprint density at radius 3 is 2.36 bits per heavy atom. The summed E-state index contributed by atoms with van der Waals surface area (Å²) in [7, 11) is 0. The second-order valence-corrected chi connectivity index (χ2v) is 4.16. The Morgan fingerprint density at radius 1 is 1.21 bits per heavy atom. The molecule has 0 aromatic rings. The van der Waals surface area contributed by atoms with E-state index in [1.807, 2.05) is 6.92 Å². The Labute approximate surface area is 87.0 Å². The molecule has 0 atom stereocenters. The number of hydrogen-bond acceptors (Lipinski definition) is 2.